The number of carbonyl (C=O) groups is 1. The minimum atomic E-state index is 0.0920. The second-order valence-electron chi connectivity index (χ2n) is 5.97. The maximum Gasteiger partial charge on any atom is 0.234 e. The fourth-order valence-electron chi connectivity index (χ4n) is 3.04. The zero-order valence-corrected chi connectivity index (χ0v) is 12.8. The summed E-state index contributed by atoms with van der Waals surface area (Å²) < 4.78 is 0. The predicted octanol–water partition coefficient (Wildman–Crippen LogP) is 1.80. The van der Waals surface area contributed by atoms with E-state index in [4.69, 9.17) is 0 Å². The average Bonchev–Trinajstić information content (AvgIpc) is 2.89. The van der Waals surface area contributed by atoms with Gasteiger partial charge >= 0.3 is 0 Å². The second kappa shape index (κ2) is 6.71. The smallest absolute Gasteiger partial charge is 0.234 e. The molecule has 1 aromatic carbocycles. The first kappa shape index (κ1) is 14.7. The van der Waals surface area contributed by atoms with Crippen molar-refractivity contribution in [3.63, 3.8) is 0 Å². The van der Waals surface area contributed by atoms with Crippen LogP contribution in [0.3, 0.4) is 0 Å². The number of amides is 1. The van der Waals surface area contributed by atoms with Crippen molar-refractivity contribution in [3.05, 3.63) is 65.5 Å². The Bertz CT molecular complexity index is 617. The maximum absolute atomic E-state index is 12.2. The third-order valence-corrected chi connectivity index (χ3v) is 4.03. The number of fused-ring (bicyclic) bond motifs is 1. The lowest BCUT2D eigenvalue weighted by Gasteiger charge is -2.18. The van der Waals surface area contributed by atoms with Gasteiger partial charge in [-0.15, -0.1) is 0 Å². The lowest BCUT2D eigenvalue weighted by atomic mass is 10.1. The summed E-state index contributed by atoms with van der Waals surface area (Å²) in [6.45, 7) is 1.16. The molecule has 0 aliphatic heterocycles. The van der Waals surface area contributed by atoms with E-state index in [-0.39, 0.29) is 11.9 Å². The molecule has 3 rings (SSSR count). The molecule has 22 heavy (non-hydrogen) atoms. The molecule has 0 spiro atoms. The molecular formula is C18H21N3O. The first-order chi connectivity index (χ1) is 10.7. The largest absolute Gasteiger partial charge is 0.352 e. The van der Waals surface area contributed by atoms with Crippen LogP contribution in [0.4, 0.5) is 0 Å². The molecule has 1 amide bonds. The van der Waals surface area contributed by atoms with E-state index in [1.165, 1.54) is 16.7 Å². The van der Waals surface area contributed by atoms with Crippen molar-refractivity contribution in [1.29, 1.82) is 0 Å². The molecule has 1 aliphatic carbocycles. The molecule has 114 valence electrons. The number of likely N-dealkylation sites (N-methyl/N-ethyl adjacent to an activating group) is 1. The van der Waals surface area contributed by atoms with Crippen LogP contribution in [0.2, 0.25) is 0 Å². The molecule has 4 heteroatoms. The van der Waals surface area contributed by atoms with E-state index in [2.05, 4.69) is 34.6 Å². The number of benzene rings is 1. The van der Waals surface area contributed by atoms with Crippen LogP contribution in [0, 0.1) is 0 Å². The van der Waals surface area contributed by atoms with E-state index >= 15 is 0 Å². The van der Waals surface area contributed by atoms with Crippen molar-refractivity contribution >= 4 is 5.91 Å². The normalized spacial score (nSPS) is 14.1. The zero-order valence-electron chi connectivity index (χ0n) is 12.8. The Kier molecular flexibility index (Phi) is 4.49. The number of rotatable bonds is 5. The van der Waals surface area contributed by atoms with Gasteiger partial charge in [-0.05, 0) is 48.7 Å². The van der Waals surface area contributed by atoms with Gasteiger partial charge in [0.2, 0.25) is 5.91 Å². The molecule has 4 nitrogen and oxygen atoms in total. The molecule has 0 radical (unpaired) electrons. The number of nitrogens with one attached hydrogen (secondary N) is 1. The summed E-state index contributed by atoms with van der Waals surface area (Å²) in [4.78, 5) is 18.2. The number of carbonyl (C=O) groups excluding carboxylic acids is 1. The molecule has 0 fully saturated rings. The molecule has 1 N–H and O–H groups in total. The molecule has 1 aliphatic rings. The third-order valence-electron chi connectivity index (χ3n) is 4.03. The van der Waals surface area contributed by atoms with Crippen molar-refractivity contribution in [2.75, 3.05) is 13.6 Å². The summed E-state index contributed by atoms with van der Waals surface area (Å²) in [6.07, 6.45) is 5.43. The highest BCUT2D eigenvalue weighted by Crippen LogP contribution is 2.21. The Morgan fingerprint density at radius 2 is 1.82 bits per heavy atom. The van der Waals surface area contributed by atoms with Crippen LogP contribution in [0.25, 0.3) is 0 Å². The van der Waals surface area contributed by atoms with Gasteiger partial charge in [0.25, 0.3) is 0 Å². The van der Waals surface area contributed by atoms with Crippen LogP contribution in [-0.2, 0) is 24.2 Å². The molecule has 1 aromatic heterocycles. The fourth-order valence-corrected chi connectivity index (χ4v) is 3.04. The predicted molar refractivity (Wildman–Crippen MR) is 86.4 cm³/mol. The Hall–Kier alpha value is -2.20. The monoisotopic (exact) mass is 295 g/mol. The molecule has 2 aromatic rings. The van der Waals surface area contributed by atoms with Crippen LogP contribution in [0.5, 0.6) is 0 Å². The Morgan fingerprint density at radius 3 is 2.45 bits per heavy atom. The number of aromatic nitrogens is 1. The van der Waals surface area contributed by atoms with Gasteiger partial charge in [0, 0.05) is 25.0 Å². The van der Waals surface area contributed by atoms with Crippen LogP contribution in [0.15, 0.2) is 48.8 Å². The summed E-state index contributed by atoms with van der Waals surface area (Å²) in [5.41, 5.74) is 3.88. The van der Waals surface area contributed by atoms with Gasteiger partial charge in [0.05, 0.1) is 6.54 Å². The van der Waals surface area contributed by atoms with Gasteiger partial charge in [-0.2, -0.15) is 0 Å². The highest BCUT2D eigenvalue weighted by molar-refractivity contribution is 5.78. The van der Waals surface area contributed by atoms with E-state index in [1.54, 1.807) is 12.4 Å². The van der Waals surface area contributed by atoms with E-state index in [0.29, 0.717) is 6.54 Å². The first-order valence-corrected chi connectivity index (χ1v) is 7.64. The lowest BCUT2D eigenvalue weighted by molar-refractivity contribution is -0.122. The third kappa shape index (κ3) is 3.71. The molecule has 1 heterocycles. The van der Waals surface area contributed by atoms with Gasteiger partial charge in [-0.25, -0.2) is 0 Å². The minimum Gasteiger partial charge on any atom is -0.352 e. The van der Waals surface area contributed by atoms with Crippen LogP contribution < -0.4 is 5.32 Å². The summed E-state index contributed by atoms with van der Waals surface area (Å²) >= 11 is 0. The number of pyridine rings is 1. The van der Waals surface area contributed by atoms with Gasteiger partial charge in [0.15, 0.2) is 0 Å². The fraction of sp³-hybridized carbons (Fsp3) is 0.333. The molecule has 0 bridgehead atoms. The van der Waals surface area contributed by atoms with Crippen molar-refractivity contribution in [2.45, 2.75) is 25.4 Å². The Balaban J connectivity index is 1.47. The molecular weight excluding hydrogens is 274 g/mol. The number of nitrogens with zero attached hydrogens (tertiary/aromatic N) is 2. The molecule has 0 saturated heterocycles. The van der Waals surface area contributed by atoms with Gasteiger partial charge in [-0.1, -0.05) is 24.3 Å². The van der Waals surface area contributed by atoms with Crippen molar-refractivity contribution < 1.29 is 4.79 Å². The number of hydrogen-bond donors (Lipinski definition) is 1. The average molecular weight is 295 g/mol. The van der Waals surface area contributed by atoms with Gasteiger partial charge < -0.3 is 5.32 Å². The lowest BCUT2D eigenvalue weighted by Crippen LogP contribution is -2.41. The Morgan fingerprint density at radius 1 is 1.18 bits per heavy atom. The van der Waals surface area contributed by atoms with E-state index in [1.807, 2.05) is 24.1 Å². The van der Waals surface area contributed by atoms with Crippen LogP contribution in [-0.4, -0.2) is 35.4 Å². The molecule has 0 atom stereocenters. The summed E-state index contributed by atoms with van der Waals surface area (Å²) in [7, 11) is 1.96. The van der Waals surface area contributed by atoms with Crippen molar-refractivity contribution in [1.82, 2.24) is 15.2 Å². The van der Waals surface area contributed by atoms with E-state index in [0.717, 1.165) is 19.4 Å². The highest BCUT2D eigenvalue weighted by Gasteiger charge is 2.22. The van der Waals surface area contributed by atoms with E-state index < -0.39 is 0 Å². The maximum atomic E-state index is 12.2. The standard InChI is InChI=1S/C18H21N3O/c1-21(12-14-6-8-19-9-7-14)13-18(22)20-17-10-15-4-2-3-5-16(15)11-17/h2-9,17H,10-13H2,1H3,(H,20,22). The topological polar surface area (TPSA) is 45.2 Å². The van der Waals surface area contributed by atoms with Crippen LogP contribution >= 0.6 is 0 Å². The summed E-state index contributed by atoms with van der Waals surface area (Å²) in [5, 5.41) is 3.15. The number of hydrogen-bond acceptors (Lipinski definition) is 3. The zero-order chi connectivity index (χ0) is 15.4. The van der Waals surface area contributed by atoms with E-state index in [9.17, 15) is 4.79 Å². The second-order valence-corrected chi connectivity index (χ2v) is 5.97. The highest BCUT2D eigenvalue weighted by atomic mass is 16.2. The SMILES string of the molecule is CN(CC(=O)NC1Cc2ccccc2C1)Cc1ccncc1. The summed E-state index contributed by atoms with van der Waals surface area (Å²) in [5.74, 6) is 0.0920. The van der Waals surface area contributed by atoms with Crippen molar-refractivity contribution in [2.24, 2.45) is 0 Å². The molecule has 0 unspecified atom stereocenters. The Labute approximate surface area is 131 Å². The quantitative estimate of drug-likeness (QED) is 0.915. The van der Waals surface area contributed by atoms with Gasteiger partial charge in [0.1, 0.15) is 0 Å². The van der Waals surface area contributed by atoms with Crippen LogP contribution in [0.1, 0.15) is 16.7 Å². The summed E-state index contributed by atoms with van der Waals surface area (Å²) in [6, 6.07) is 12.6. The minimum absolute atomic E-state index is 0.0920. The molecule has 0 saturated carbocycles. The van der Waals surface area contributed by atoms with Crippen molar-refractivity contribution in [3.8, 4) is 0 Å². The van der Waals surface area contributed by atoms with Gasteiger partial charge in [-0.3, -0.25) is 14.7 Å². The first-order valence-electron chi connectivity index (χ1n) is 7.64.